The summed E-state index contributed by atoms with van der Waals surface area (Å²) in [6.07, 6.45) is 3.42. The van der Waals surface area contributed by atoms with Gasteiger partial charge in [-0.15, -0.1) is 0 Å². The van der Waals surface area contributed by atoms with Gasteiger partial charge >= 0.3 is 0 Å². The lowest BCUT2D eigenvalue weighted by molar-refractivity contribution is 1.26. The molecule has 2 heteroatoms. The van der Waals surface area contributed by atoms with Crippen molar-refractivity contribution in [2.24, 2.45) is 0 Å². The fourth-order valence-corrected chi connectivity index (χ4v) is 4.15. The molecule has 0 fully saturated rings. The zero-order valence-corrected chi connectivity index (χ0v) is 11.4. The summed E-state index contributed by atoms with van der Waals surface area (Å²) in [7, 11) is 0. The summed E-state index contributed by atoms with van der Waals surface area (Å²) >= 11 is 5.52. The SMILES string of the molecule is Brc1ccc2c3c1Sc1cccc(c1)C(=C3)C2. The van der Waals surface area contributed by atoms with Crippen molar-refractivity contribution >= 4 is 39.3 Å². The molecule has 0 nitrogen and oxygen atoms in total. The molecule has 2 aromatic rings. The molecule has 1 aliphatic heterocycles. The van der Waals surface area contributed by atoms with Crippen LogP contribution in [0, 0.1) is 0 Å². The molecular formula is C15H9BrS. The van der Waals surface area contributed by atoms with Gasteiger partial charge in [0.2, 0.25) is 0 Å². The first kappa shape index (κ1) is 9.98. The Morgan fingerprint density at radius 3 is 3.00 bits per heavy atom. The van der Waals surface area contributed by atoms with E-state index < -0.39 is 0 Å². The van der Waals surface area contributed by atoms with Crippen LogP contribution in [0.1, 0.15) is 16.7 Å². The molecule has 0 saturated carbocycles. The standard InChI is InChI=1S/C15H9BrS/c16-14-5-4-10-6-11-8-13(10)15(14)17-12-3-1-2-9(11)7-12/h1-5,7-8H,6H2. The molecule has 2 aromatic carbocycles. The zero-order chi connectivity index (χ0) is 11.4. The van der Waals surface area contributed by atoms with Crippen molar-refractivity contribution in [3.05, 3.63) is 57.6 Å². The summed E-state index contributed by atoms with van der Waals surface area (Å²) in [6, 6.07) is 13.3. The summed E-state index contributed by atoms with van der Waals surface area (Å²) in [5, 5.41) is 0. The van der Waals surface area contributed by atoms with E-state index in [-0.39, 0.29) is 0 Å². The molecule has 0 saturated heterocycles. The summed E-state index contributed by atoms with van der Waals surface area (Å²) < 4.78 is 1.20. The van der Waals surface area contributed by atoms with Gasteiger partial charge in [0.15, 0.2) is 0 Å². The highest BCUT2D eigenvalue weighted by Gasteiger charge is 2.21. The lowest BCUT2D eigenvalue weighted by Crippen LogP contribution is -1.86. The molecule has 0 amide bonds. The van der Waals surface area contributed by atoms with Gasteiger partial charge in [0.1, 0.15) is 0 Å². The monoisotopic (exact) mass is 300 g/mol. The van der Waals surface area contributed by atoms with Crippen molar-refractivity contribution in [1.82, 2.24) is 0 Å². The third-order valence-electron chi connectivity index (χ3n) is 3.36. The van der Waals surface area contributed by atoms with Crippen molar-refractivity contribution in [3.63, 3.8) is 0 Å². The highest BCUT2D eigenvalue weighted by molar-refractivity contribution is 9.10. The molecule has 2 aliphatic rings. The number of rotatable bonds is 0. The predicted octanol–water partition coefficient (Wildman–Crippen LogP) is 5.01. The number of allylic oxidation sites excluding steroid dienone is 1. The van der Waals surface area contributed by atoms with E-state index in [4.69, 9.17) is 0 Å². The third-order valence-corrected chi connectivity index (χ3v) is 5.42. The number of fused-ring (bicyclic) bond motifs is 3. The number of benzene rings is 2. The van der Waals surface area contributed by atoms with E-state index in [0.29, 0.717) is 0 Å². The average Bonchev–Trinajstić information content (AvgIpc) is 2.77. The van der Waals surface area contributed by atoms with E-state index >= 15 is 0 Å². The Bertz CT molecular complexity index is 671. The fraction of sp³-hybridized carbons (Fsp3) is 0.0667. The van der Waals surface area contributed by atoms with Crippen LogP contribution in [0.3, 0.4) is 0 Å². The van der Waals surface area contributed by atoms with Crippen LogP contribution in [-0.4, -0.2) is 0 Å². The molecular weight excluding hydrogens is 292 g/mol. The Kier molecular flexibility index (Phi) is 2.06. The molecule has 0 radical (unpaired) electrons. The molecule has 17 heavy (non-hydrogen) atoms. The first-order valence-electron chi connectivity index (χ1n) is 5.61. The highest BCUT2D eigenvalue weighted by atomic mass is 79.9. The average molecular weight is 301 g/mol. The Morgan fingerprint density at radius 2 is 2.06 bits per heavy atom. The van der Waals surface area contributed by atoms with Gasteiger partial charge in [0.05, 0.1) is 0 Å². The van der Waals surface area contributed by atoms with Crippen LogP contribution in [0.5, 0.6) is 0 Å². The van der Waals surface area contributed by atoms with Crippen LogP contribution in [0.2, 0.25) is 0 Å². The lowest BCUT2D eigenvalue weighted by Gasteiger charge is -2.11. The Balaban J connectivity index is 2.08. The first-order chi connectivity index (χ1) is 8.31. The van der Waals surface area contributed by atoms with Crippen molar-refractivity contribution in [1.29, 1.82) is 0 Å². The van der Waals surface area contributed by atoms with Crippen LogP contribution in [-0.2, 0) is 6.42 Å². The van der Waals surface area contributed by atoms with E-state index in [2.05, 4.69) is 58.4 Å². The summed E-state index contributed by atoms with van der Waals surface area (Å²) in [4.78, 5) is 2.68. The maximum absolute atomic E-state index is 3.67. The van der Waals surface area contributed by atoms with E-state index in [1.165, 1.54) is 36.5 Å². The molecule has 82 valence electrons. The Morgan fingerprint density at radius 1 is 1.12 bits per heavy atom. The smallest absolute Gasteiger partial charge is 0.0340 e. The van der Waals surface area contributed by atoms with Crippen molar-refractivity contribution in [3.8, 4) is 0 Å². The molecule has 4 rings (SSSR count). The van der Waals surface area contributed by atoms with Gasteiger partial charge in [0.25, 0.3) is 0 Å². The molecule has 1 heterocycles. The van der Waals surface area contributed by atoms with Crippen LogP contribution in [0.15, 0.2) is 50.7 Å². The minimum Gasteiger partial charge on any atom is -0.0882 e. The van der Waals surface area contributed by atoms with Gasteiger partial charge in [0, 0.05) is 14.3 Å². The topological polar surface area (TPSA) is 0 Å². The minimum atomic E-state index is 1.07. The Hall–Kier alpha value is -0.990. The van der Waals surface area contributed by atoms with Gasteiger partial charge < -0.3 is 0 Å². The Labute approximate surface area is 113 Å². The summed E-state index contributed by atoms with van der Waals surface area (Å²) in [5.74, 6) is 0. The van der Waals surface area contributed by atoms with Gasteiger partial charge in [-0.05, 0) is 68.9 Å². The fourth-order valence-electron chi connectivity index (χ4n) is 2.52. The van der Waals surface area contributed by atoms with Crippen LogP contribution in [0.25, 0.3) is 11.6 Å². The highest BCUT2D eigenvalue weighted by Crippen LogP contribution is 2.45. The van der Waals surface area contributed by atoms with E-state index in [1.807, 2.05) is 11.8 Å². The maximum Gasteiger partial charge on any atom is 0.0340 e. The number of hydrogen-bond donors (Lipinski definition) is 0. The van der Waals surface area contributed by atoms with Crippen LogP contribution in [0.4, 0.5) is 0 Å². The molecule has 0 atom stereocenters. The van der Waals surface area contributed by atoms with E-state index in [1.54, 1.807) is 0 Å². The number of halogens is 1. The van der Waals surface area contributed by atoms with Crippen molar-refractivity contribution in [2.75, 3.05) is 0 Å². The molecule has 4 bridgehead atoms. The molecule has 0 unspecified atom stereocenters. The van der Waals surface area contributed by atoms with Gasteiger partial charge in [-0.25, -0.2) is 0 Å². The van der Waals surface area contributed by atoms with Gasteiger partial charge in [-0.2, -0.15) is 0 Å². The normalized spacial score (nSPS) is 15.2. The summed E-state index contributed by atoms with van der Waals surface area (Å²) in [5.41, 5.74) is 5.67. The molecule has 0 N–H and O–H groups in total. The second-order valence-electron chi connectivity index (χ2n) is 4.43. The molecule has 0 aromatic heterocycles. The number of hydrogen-bond acceptors (Lipinski definition) is 1. The van der Waals surface area contributed by atoms with Crippen LogP contribution < -0.4 is 0 Å². The minimum absolute atomic E-state index is 1.07. The summed E-state index contributed by atoms with van der Waals surface area (Å²) in [6.45, 7) is 0. The quantitative estimate of drug-likeness (QED) is 0.659. The van der Waals surface area contributed by atoms with Gasteiger partial charge in [-0.3, -0.25) is 0 Å². The largest absolute Gasteiger partial charge is 0.0882 e. The second kappa shape index (κ2) is 3.50. The third kappa shape index (κ3) is 1.44. The second-order valence-corrected chi connectivity index (χ2v) is 6.36. The predicted molar refractivity (Wildman–Crippen MR) is 76.3 cm³/mol. The van der Waals surface area contributed by atoms with Crippen molar-refractivity contribution in [2.45, 2.75) is 16.2 Å². The van der Waals surface area contributed by atoms with E-state index in [9.17, 15) is 0 Å². The molecule has 1 aliphatic carbocycles. The maximum atomic E-state index is 3.67. The van der Waals surface area contributed by atoms with E-state index in [0.717, 1.165) is 6.42 Å². The van der Waals surface area contributed by atoms with Crippen LogP contribution >= 0.6 is 27.7 Å². The first-order valence-corrected chi connectivity index (χ1v) is 7.22. The molecule has 0 spiro atoms. The van der Waals surface area contributed by atoms with Crippen molar-refractivity contribution < 1.29 is 0 Å². The van der Waals surface area contributed by atoms with Gasteiger partial charge in [-0.1, -0.05) is 30.0 Å². The lowest BCUT2D eigenvalue weighted by atomic mass is 10.0. The zero-order valence-electron chi connectivity index (χ0n) is 9.03.